The monoisotopic (exact) mass is 289 g/mol. The molecule has 0 aromatic heterocycles. The average molecular weight is 289 g/mol. The Morgan fingerprint density at radius 2 is 1.90 bits per heavy atom. The van der Waals surface area contributed by atoms with Crippen molar-refractivity contribution < 1.29 is 9.53 Å². The molecule has 0 unspecified atom stereocenters. The van der Waals surface area contributed by atoms with E-state index in [0.717, 1.165) is 37.9 Å². The molecule has 1 aliphatic heterocycles. The van der Waals surface area contributed by atoms with Crippen molar-refractivity contribution in [3.8, 4) is 0 Å². The van der Waals surface area contributed by atoms with Crippen molar-refractivity contribution in [3.05, 3.63) is 35.9 Å². The summed E-state index contributed by atoms with van der Waals surface area (Å²) in [5.41, 5.74) is 1.07. The van der Waals surface area contributed by atoms with Crippen LogP contribution < -0.4 is 0 Å². The van der Waals surface area contributed by atoms with Crippen molar-refractivity contribution in [2.45, 2.75) is 45.1 Å². The molecule has 3 heteroatoms. The molecule has 1 fully saturated rings. The number of piperidine rings is 1. The third-order valence-corrected chi connectivity index (χ3v) is 4.57. The van der Waals surface area contributed by atoms with Gasteiger partial charge in [0.15, 0.2) is 0 Å². The van der Waals surface area contributed by atoms with E-state index in [4.69, 9.17) is 4.74 Å². The minimum Gasteiger partial charge on any atom is -0.462 e. The molecule has 2 rings (SSSR count). The number of hydrogen-bond donors (Lipinski definition) is 0. The molecule has 1 saturated heterocycles. The van der Waals surface area contributed by atoms with E-state index in [0.29, 0.717) is 5.92 Å². The number of rotatable bonds is 5. The second-order valence-electron chi connectivity index (χ2n) is 6.21. The maximum Gasteiger partial charge on any atom is 0.313 e. The molecule has 1 aromatic rings. The predicted molar refractivity (Wildman–Crippen MR) is 85.2 cm³/mol. The predicted octanol–water partition coefficient (Wildman–Crippen LogP) is 3.45. The van der Waals surface area contributed by atoms with Crippen LogP contribution in [0.1, 0.15) is 44.6 Å². The van der Waals surface area contributed by atoms with Crippen LogP contribution in [0.5, 0.6) is 0 Å². The number of nitrogens with zero attached hydrogens (tertiary/aromatic N) is 1. The van der Waals surface area contributed by atoms with E-state index >= 15 is 0 Å². The van der Waals surface area contributed by atoms with Crippen LogP contribution in [0.15, 0.2) is 30.3 Å². The van der Waals surface area contributed by atoms with Crippen LogP contribution in [0.25, 0.3) is 0 Å². The molecule has 21 heavy (non-hydrogen) atoms. The van der Waals surface area contributed by atoms with Gasteiger partial charge in [-0.1, -0.05) is 50.6 Å². The van der Waals surface area contributed by atoms with Gasteiger partial charge in [0, 0.05) is 13.1 Å². The molecule has 0 N–H and O–H groups in total. The zero-order valence-electron chi connectivity index (χ0n) is 13.4. The SMILES string of the molecule is CC[C@@H](C)[C@@H](C(=O)OC1CCN(C)CC1)c1ccccc1. The second kappa shape index (κ2) is 7.60. The first-order valence-corrected chi connectivity index (χ1v) is 8.05. The minimum absolute atomic E-state index is 0.0508. The quantitative estimate of drug-likeness (QED) is 0.778. The van der Waals surface area contributed by atoms with Gasteiger partial charge < -0.3 is 9.64 Å². The zero-order chi connectivity index (χ0) is 15.2. The number of ether oxygens (including phenoxy) is 1. The van der Waals surface area contributed by atoms with E-state index in [1.165, 1.54) is 0 Å². The molecule has 3 nitrogen and oxygen atoms in total. The number of carbonyl (C=O) groups excluding carboxylic acids is 1. The molecular weight excluding hydrogens is 262 g/mol. The van der Waals surface area contributed by atoms with Crippen molar-refractivity contribution in [3.63, 3.8) is 0 Å². The average Bonchev–Trinajstić information content (AvgIpc) is 2.50. The third-order valence-electron chi connectivity index (χ3n) is 4.57. The normalized spacial score (nSPS) is 20.0. The second-order valence-corrected chi connectivity index (χ2v) is 6.21. The number of benzene rings is 1. The fourth-order valence-corrected chi connectivity index (χ4v) is 2.93. The third kappa shape index (κ3) is 4.31. The topological polar surface area (TPSA) is 29.5 Å². The first kappa shape index (κ1) is 16.0. The molecule has 0 spiro atoms. The highest BCUT2D eigenvalue weighted by molar-refractivity contribution is 5.78. The summed E-state index contributed by atoms with van der Waals surface area (Å²) >= 11 is 0. The van der Waals surface area contributed by atoms with Crippen LogP contribution in [0.4, 0.5) is 0 Å². The highest BCUT2D eigenvalue weighted by Crippen LogP contribution is 2.29. The summed E-state index contributed by atoms with van der Waals surface area (Å²) in [5.74, 6) is 0.104. The molecule has 0 bridgehead atoms. The van der Waals surface area contributed by atoms with Crippen LogP contribution in [-0.4, -0.2) is 37.1 Å². The summed E-state index contributed by atoms with van der Waals surface area (Å²) in [6.07, 6.45) is 2.96. The summed E-state index contributed by atoms with van der Waals surface area (Å²) in [4.78, 5) is 14.9. The van der Waals surface area contributed by atoms with E-state index in [-0.39, 0.29) is 18.0 Å². The first-order valence-electron chi connectivity index (χ1n) is 8.05. The molecule has 1 aromatic carbocycles. The molecule has 0 radical (unpaired) electrons. The van der Waals surface area contributed by atoms with Crippen LogP contribution in [0.3, 0.4) is 0 Å². The Kier molecular flexibility index (Phi) is 5.80. The van der Waals surface area contributed by atoms with E-state index in [9.17, 15) is 4.79 Å². The summed E-state index contributed by atoms with van der Waals surface area (Å²) in [6, 6.07) is 10.0. The van der Waals surface area contributed by atoms with Gasteiger partial charge in [-0.3, -0.25) is 4.79 Å². The van der Waals surface area contributed by atoms with Crippen molar-refractivity contribution in [1.29, 1.82) is 0 Å². The van der Waals surface area contributed by atoms with Gasteiger partial charge >= 0.3 is 5.97 Å². The van der Waals surface area contributed by atoms with Gasteiger partial charge in [0.05, 0.1) is 5.92 Å². The fraction of sp³-hybridized carbons (Fsp3) is 0.611. The maximum absolute atomic E-state index is 12.7. The molecule has 0 aliphatic carbocycles. The molecule has 1 heterocycles. The van der Waals surface area contributed by atoms with Gasteiger partial charge in [-0.2, -0.15) is 0 Å². The van der Waals surface area contributed by atoms with Crippen LogP contribution in [0.2, 0.25) is 0 Å². The number of hydrogen-bond acceptors (Lipinski definition) is 3. The van der Waals surface area contributed by atoms with Gasteiger partial charge in [-0.25, -0.2) is 0 Å². The number of carbonyl (C=O) groups is 1. The lowest BCUT2D eigenvalue weighted by Gasteiger charge is -2.31. The van der Waals surface area contributed by atoms with E-state index in [2.05, 4.69) is 25.8 Å². The van der Waals surface area contributed by atoms with E-state index < -0.39 is 0 Å². The molecular formula is C18H27NO2. The summed E-state index contributed by atoms with van der Waals surface area (Å²) in [6.45, 7) is 6.28. The Labute approximate surface area is 128 Å². The summed E-state index contributed by atoms with van der Waals surface area (Å²) in [7, 11) is 2.12. The maximum atomic E-state index is 12.7. The molecule has 0 amide bonds. The van der Waals surface area contributed by atoms with Gasteiger partial charge in [0.2, 0.25) is 0 Å². The lowest BCUT2D eigenvalue weighted by Crippen LogP contribution is -2.36. The zero-order valence-corrected chi connectivity index (χ0v) is 13.4. The van der Waals surface area contributed by atoms with E-state index in [1.54, 1.807) is 0 Å². The fourth-order valence-electron chi connectivity index (χ4n) is 2.93. The van der Waals surface area contributed by atoms with Crippen LogP contribution >= 0.6 is 0 Å². The van der Waals surface area contributed by atoms with Gasteiger partial charge in [0.25, 0.3) is 0 Å². The molecule has 2 atom stereocenters. The Balaban J connectivity index is 2.05. The Morgan fingerprint density at radius 3 is 2.48 bits per heavy atom. The number of likely N-dealkylation sites (tertiary alicyclic amines) is 1. The lowest BCUT2D eigenvalue weighted by atomic mass is 9.85. The lowest BCUT2D eigenvalue weighted by molar-refractivity contribution is -0.154. The minimum atomic E-state index is -0.143. The van der Waals surface area contributed by atoms with Crippen molar-refractivity contribution in [1.82, 2.24) is 4.90 Å². The Morgan fingerprint density at radius 1 is 1.29 bits per heavy atom. The van der Waals surface area contributed by atoms with Gasteiger partial charge in [-0.05, 0) is 31.4 Å². The summed E-state index contributed by atoms with van der Waals surface area (Å²) in [5, 5.41) is 0. The summed E-state index contributed by atoms with van der Waals surface area (Å²) < 4.78 is 5.81. The first-order chi connectivity index (χ1) is 10.1. The Bertz CT molecular complexity index is 438. The highest BCUT2D eigenvalue weighted by atomic mass is 16.5. The largest absolute Gasteiger partial charge is 0.462 e. The molecule has 116 valence electrons. The Hall–Kier alpha value is -1.35. The molecule has 1 aliphatic rings. The van der Waals surface area contributed by atoms with Crippen LogP contribution in [0, 0.1) is 5.92 Å². The van der Waals surface area contributed by atoms with Gasteiger partial charge in [0.1, 0.15) is 6.10 Å². The highest BCUT2D eigenvalue weighted by Gasteiger charge is 2.30. The van der Waals surface area contributed by atoms with Crippen molar-refractivity contribution in [2.24, 2.45) is 5.92 Å². The van der Waals surface area contributed by atoms with Gasteiger partial charge in [-0.15, -0.1) is 0 Å². The van der Waals surface area contributed by atoms with E-state index in [1.807, 2.05) is 30.3 Å². The van der Waals surface area contributed by atoms with Crippen molar-refractivity contribution in [2.75, 3.05) is 20.1 Å². The molecule has 0 saturated carbocycles. The van der Waals surface area contributed by atoms with Crippen molar-refractivity contribution >= 4 is 5.97 Å². The van der Waals surface area contributed by atoms with Crippen LogP contribution in [-0.2, 0) is 9.53 Å². The standard InChI is InChI=1S/C18H27NO2/c1-4-14(2)17(15-8-6-5-7-9-15)18(20)21-16-10-12-19(3)13-11-16/h5-9,14,16-17H,4,10-13H2,1-3H3/t14-,17-/m1/s1. The number of esters is 1. The smallest absolute Gasteiger partial charge is 0.313 e.